The molecule has 0 aliphatic carbocycles. The van der Waals surface area contributed by atoms with Gasteiger partial charge in [-0.25, -0.2) is 0 Å². The van der Waals surface area contributed by atoms with Crippen molar-refractivity contribution in [3.8, 4) is 0 Å². The third kappa shape index (κ3) is 4.17. The Labute approximate surface area is 102 Å². The molecule has 1 aromatic rings. The molecule has 0 heterocycles. The lowest BCUT2D eigenvalue weighted by molar-refractivity contribution is -0.119. The first kappa shape index (κ1) is 13.7. The first-order valence-corrected chi connectivity index (χ1v) is 5.76. The number of ether oxygens (including phenoxy) is 1. The van der Waals surface area contributed by atoms with Crippen LogP contribution in [-0.4, -0.2) is 19.6 Å². The van der Waals surface area contributed by atoms with Gasteiger partial charge in [-0.3, -0.25) is 4.79 Å². The van der Waals surface area contributed by atoms with Crippen LogP contribution in [0.2, 0.25) is 0 Å². The molecule has 0 aliphatic rings. The van der Waals surface area contributed by atoms with E-state index in [1.807, 2.05) is 31.2 Å². The van der Waals surface area contributed by atoms with Crippen LogP contribution in [0.5, 0.6) is 0 Å². The van der Waals surface area contributed by atoms with Crippen LogP contribution in [0.25, 0.3) is 0 Å². The van der Waals surface area contributed by atoms with Gasteiger partial charge in [0.1, 0.15) is 0 Å². The van der Waals surface area contributed by atoms with Gasteiger partial charge in [-0.05, 0) is 19.0 Å². The van der Waals surface area contributed by atoms with Crippen LogP contribution < -0.4 is 11.1 Å². The lowest BCUT2D eigenvalue weighted by Gasteiger charge is -2.14. The molecule has 0 aromatic heterocycles. The number of nitrogens with two attached hydrogens (primary N) is 1. The van der Waals surface area contributed by atoms with E-state index in [1.54, 1.807) is 7.11 Å². The van der Waals surface area contributed by atoms with Gasteiger partial charge in [0, 0.05) is 24.3 Å². The van der Waals surface area contributed by atoms with Crippen molar-refractivity contribution in [1.29, 1.82) is 0 Å². The van der Waals surface area contributed by atoms with Gasteiger partial charge in [-0.1, -0.05) is 25.1 Å². The minimum atomic E-state index is -0.0735. The summed E-state index contributed by atoms with van der Waals surface area (Å²) in [4.78, 5) is 11.9. The number of anilines is 1. The zero-order valence-corrected chi connectivity index (χ0v) is 10.4. The molecule has 0 radical (unpaired) electrons. The fraction of sp³-hybridized carbons (Fsp3) is 0.462. The lowest BCUT2D eigenvalue weighted by atomic mass is 10.1. The Bertz CT molecular complexity index is 366. The Hall–Kier alpha value is -1.39. The van der Waals surface area contributed by atoms with Crippen molar-refractivity contribution in [2.24, 2.45) is 11.7 Å². The molecule has 1 aromatic carbocycles. The maximum Gasteiger partial charge on any atom is 0.227 e. The highest BCUT2D eigenvalue weighted by molar-refractivity contribution is 5.93. The molecule has 0 saturated carbocycles. The Morgan fingerprint density at radius 3 is 2.82 bits per heavy atom. The number of methoxy groups -OCH3 is 1. The van der Waals surface area contributed by atoms with Crippen molar-refractivity contribution in [3.05, 3.63) is 29.8 Å². The van der Waals surface area contributed by atoms with E-state index in [1.165, 1.54) is 0 Å². The second kappa shape index (κ2) is 7.04. The van der Waals surface area contributed by atoms with E-state index >= 15 is 0 Å². The van der Waals surface area contributed by atoms with Crippen molar-refractivity contribution >= 4 is 11.6 Å². The van der Waals surface area contributed by atoms with Crippen LogP contribution in [0.3, 0.4) is 0 Å². The van der Waals surface area contributed by atoms with Crippen LogP contribution in [0.4, 0.5) is 5.69 Å². The molecule has 1 atom stereocenters. The average molecular weight is 236 g/mol. The summed E-state index contributed by atoms with van der Waals surface area (Å²) < 4.78 is 5.09. The first-order valence-electron chi connectivity index (χ1n) is 5.76. The molecule has 94 valence electrons. The van der Waals surface area contributed by atoms with Gasteiger partial charge in [-0.2, -0.15) is 0 Å². The summed E-state index contributed by atoms with van der Waals surface area (Å²) in [6, 6.07) is 7.63. The Morgan fingerprint density at radius 2 is 2.18 bits per heavy atom. The minimum Gasteiger partial charge on any atom is -0.380 e. The topological polar surface area (TPSA) is 64.3 Å². The number of para-hydroxylation sites is 1. The molecule has 0 spiro atoms. The molecule has 1 amide bonds. The predicted molar refractivity (Wildman–Crippen MR) is 68.6 cm³/mol. The highest BCUT2D eigenvalue weighted by Crippen LogP contribution is 2.17. The van der Waals surface area contributed by atoms with Crippen LogP contribution in [0.15, 0.2) is 24.3 Å². The molecule has 0 aliphatic heterocycles. The molecule has 1 unspecified atom stereocenters. The van der Waals surface area contributed by atoms with Crippen LogP contribution >= 0.6 is 0 Å². The highest BCUT2D eigenvalue weighted by Gasteiger charge is 2.13. The van der Waals surface area contributed by atoms with Crippen LogP contribution in [-0.2, 0) is 16.1 Å². The van der Waals surface area contributed by atoms with Gasteiger partial charge in [0.15, 0.2) is 0 Å². The fourth-order valence-corrected chi connectivity index (χ4v) is 1.56. The average Bonchev–Trinajstić information content (AvgIpc) is 2.32. The predicted octanol–water partition coefficient (Wildman–Crippen LogP) is 1.76. The van der Waals surface area contributed by atoms with Gasteiger partial charge < -0.3 is 15.8 Å². The number of nitrogens with one attached hydrogen (secondary N) is 1. The largest absolute Gasteiger partial charge is 0.380 e. The lowest BCUT2D eigenvalue weighted by Crippen LogP contribution is -2.23. The fourth-order valence-electron chi connectivity index (χ4n) is 1.56. The standard InChI is InChI=1S/C13H20N2O2/c1-10(7-8-14)13(16)15-12-6-4-3-5-11(12)9-17-2/h3-6,10H,7-9,14H2,1-2H3,(H,15,16). The van der Waals surface area contributed by atoms with E-state index in [0.717, 1.165) is 11.3 Å². The third-order valence-electron chi connectivity index (χ3n) is 2.62. The Kier molecular flexibility index (Phi) is 5.66. The molecule has 4 heteroatoms. The van der Waals surface area contributed by atoms with Crippen LogP contribution in [0.1, 0.15) is 18.9 Å². The van der Waals surface area contributed by atoms with Crippen molar-refractivity contribution in [3.63, 3.8) is 0 Å². The maximum atomic E-state index is 11.9. The Morgan fingerprint density at radius 1 is 1.47 bits per heavy atom. The molecular formula is C13H20N2O2. The molecular weight excluding hydrogens is 216 g/mol. The van der Waals surface area contributed by atoms with Gasteiger partial charge >= 0.3 is 0 Å². The zero-order chi connectivity index (χ0) is 12.7. The smallest absolute Gasteiger partial charge is 0.227 e. The van der Waals surface area contributed by atoms with Gasteiger partial charge in [0.25, 0.3) is 0 Å². The van der Waals surface area contributed by atoms with Gasteiger partial charge in [-0.15, -0.1) is 0 Å². The molecule has 3 N–H and O–H groups in total. The molecule has 0 fully saturated rings. The second-order valence-electron chi connectivity index (χ2n) is 4.06. The van der Waals surface area contributed by atoms with Gasteiger partial charge in [0.05, 0.1) is 6.61 Å². The van der Waals surface area contributed by atoms with E-state index in [9.17, 15) is 4.79 Å². The number of rotatable bonds is 6. The summed E-state index contributed by atoms with van der Waals surface area (Å²) in [6.45, 7) is 2.89. The minimum absolute atomic E-state index is 0.000923. The van der Waals surface area contributed by atoms with E-state index in [0.29, 0.717) is 19.6 Å². The number of amides is 1. The summed E-state index contributed by atoms with van der Waals surface area (Å²) in [5, 5.41) is 2.91. The number of hydrogen-bond donors (Lipinski definition) is 2. The zero-order valence-electron chi connectivity index (χ0n) is 10.4. The number of benzene rings is 1. The summed E-state index contributed by atoms with van der Waals surface area (Å²) >= 11 is 0. The molecule has 0 bridgehead atoms. The molecule has 17 heavy (non-hydrogen) atoms. The quantitative estimate of drug-likeness (QED) is 0.791. The summed E-state index contributed by atoms with van der Waals surface area (Å²) in [7, 11) is 1.63. The number of hydrogen-bond acceptors (Lipinski definition) is 3. The van der Waals surface area contributed by atoms with E-state index in [4.69, 9.17) is 10.5 Å². The Balaban J connectivity index is 2.70. The summed E-state index contributed by atoms with van der Waals surface area (Å²) in [5.41, 5.74) is 7.22. The van der Waals surface area contributed by atoms with Crippen LogP contribution in [0, 0.1) is 5.92 Å². The van der Waals surface area contributed by atoms with Crippen molar-refractivity contribution < 1.29 is 9.53 Å². The molecule has 1 rings (SSSR count). The molecule has 4 nitrogen and oxygen atoms in total. The third-order valence-corrected chi connectivity index (χ3v) is 2.62. The van der Waals surface area contributed by atoms with Gasteiger partial charge in [0.2, 0.25) is 5.91 Å². The highest BCUT2D eigenvalue weighted by atomic mass is 16.5. The van der Waals surface area contributed by atoms with E-state index in [2.05, 4.69) is 5.32 Å². The maximum absolute atomic E-state index is 11.9. The number of carbonyl (C=O) groups is 1. The van der Waals surface area contributed by atoms with Crippen molar-refractivity contribution in [2.45, 2.75) is 20.0 Å². The summed E-state index contributed by atoms with van der Waals surface area (Å²) in [5.74, 6) is -0.0744. The summed E-state index contributed by atoms with van der Waals surface area (Å²) in [6.07, 6.45) is 0.693. The number of carbonyl (C=O) groups excluding carboxylic acids is 1. The van der Waals surface area contributed by atoms with E-state index < -0.39 is 0 Å². The van der Waals surface area contributed by atoms with Crippen molar-refractivity contribution in [1.82, 2.24) is 0 Å². The first-order chi connectivity index (χ1) is 8.19. The molecule has 0 saturated heterocycles. The SMILES string of the molecule is COCc1ccccc1NC(=O)C(C)CCN. The second-order valence-corrected chi connectivity index (χ2v) is 4.06. The normalized spacial score (nSPS) is 12.2. The monoisotopic (exact) mass is 236 g/mol. The van der Waals surface area contributed by atoms with Crippen molar-refractivity contribution in [2.75, 3.05) is 19.0 Å². The van der Waals surface area contributed by atoms with E-state index in [-0.39, 0.29) is 11.8 Å².